The summed E-state index contributed by atoms with van der Waals surface area (Å²) in [7, 11) is 1.58. The minimum absolute atomic E-state index is 0.189. The van der Waals surface area contributed by atoms with E-state index in [1.165, 1.54) is 0 Å². The molecular formula is C18H19NO4. The molecule has 0 saturated heterocycles. The maximum Gasteiger partial charge on any atom is 0.340 e. The highest BCUT2D eigenvalue weighted by molar-refractivity contribution is 6.01. The van der Waals surface area contributed by atoms with Gasteiger partial charge >= 0.3 is 5.97 Å². The maximum absolute atomic E-state index is 12.2. The summed E-state index contributed by atoms with van der Waals surface area (Å²) in [5.41, 5.74) is 1.61. The molecule has 0 atom stereocenters. The highest BCUT2D eigenvalue weighted by Crippen LogP contribution is 2.18. The first-order chi connectivity index (χ1) is 11.1. The molecule has 2 aromatic rings. The van der Waals surface area contributed by atoms with Crippen LogP contribution in [-0.4, -0.2) is 25.6 Å². The zero-order chi connectivity index (χ0) is 16.7. The Morgan fingerprint density at radius 3 is 2.61 bits per heavy atom. The maximum atomic E-state index is 12.2. The molecule has 0 aliphatic heterocycles. The van der Waals surface area contributed by atoms with E-state index in [4.69, 9.17) is 9.47 Å². The molecule has 23 heavy (non-hydrogen) atoms. The standard InChI is InChI=1S/C18H19NO4/c1-3-23-18(21)15-9-4-5-10-16(15)19-17(20)12-13-7-6-8-14(11-13)22-2/h4-11H,3,12H2,1-2H3,(H,19,20). The Bertz CT molecular complexity index is 697. The third-order valence-corrected chi connectivity index (χ3v) is 3.20. The summed E-state index contributed by atoms with van der Waals surface area (Å²) < 4.78 is 10.1. The first kappa shape index (κ1) is 16.5. The van der Waals surface area contributed by atoms with Crippen LogP contribution in [0.4, 0.5) is 5.69 Å². The number of nitrogens with one attached hydrogen (secondary N) is 1. The van der Waals surface area contributed by atoms with Crippen molar-refractivity contribution in [2.45, 2.75) is 13.3 Å². The van der Waals surface area contributed by atoms with Crippen molar-refractivity contribution in [3.8, 4) is 5.75 Å². The Morgan fingerprint density at radius 1 is 1.09 bits per heavy atom. The first-order valence-corrected chi connectivity index (χ1v) is 7.33. The van der Waals surface area contributed by atoms with Gasteiger partial charge in [0, 0.05) is 0 Å². The van der Waals surface area contributed by atoms with Crippen molar-refractivity contribution in [3.05, 3.63) is 59.7 Å². The highest BCUT2D eigenvalue weighted by Gasteiger charge is 2.14. The molecule has 5 nitrogen and oxygen atoms in total. The number of ether oxygens (including phenoxy) is 2. The SMILES string of the molecule is CCOC(=O)c1ccccc1NC(=O)Cc1cccc(OC)c1. The van der Waals surface area contributed by atoms with Crippen molar-refractivity contribution in [3.63, 3.8) is 0 Å². The average molecular weight is 313 g/mol. The van der Waals surface area contributed by atoms with Gasteiger partial charge in [-0.2, -0.15) is 0 Å². The number of anilines is 1. The smallest absolute Gasteiger partial charge is 0.340 e. The predicted molar refractivity (Wildman–Crippen MR) is 87.7 cm³/mol. The third kappa shape index (κ3) is 4.57. The number of carbonyl (C=O) groups is 2. The molecule has 5 heteroatoms. The van der Waals surface area contributed by atoms with E-state index < -0.39 is 5.97 Å². The summed E-state index contributed by atoms with van der Waals surface area (Å²) in [5.74, 6) is 0.0296. The van der Waals surface area contributed by atoms with E-state index in [0.717, 1.165) is 5.56 Å². The van der Waals surface area contributed by atoms with Crippen LogP contribution in [-0.2, 0) is 16.0 Å². The molecule has 0 spiro atoms. The van der Waals surface area contributed by atoms with Crippen LogP contribution in [0.3, 0.4) is 0 Å². The van der Waals surface area contributed by atoms with Crippen LogP contribution in [0.2, 0.25) is 0 Å². The van der Waals surface area contributed by atoms with Gasteiger partial charge in [0.15, 0.2) is 0 Å². The lowest BCUT2D eigenvalue weighted by Gasteiger charge is -2.10. The molecule has 0 heterocycles. The van der Waals surface area contributed by atoms with Crippen molar-refractivity contribution in [2.24, 2.45) is 0 Å². The second-order valence-corrected chi connectivity index (χ2v) is 4.84. The summed E-state index contributed by atoms with van der Waals surface area (Å²) in [6, 6.07) is 14.1. The largest absolute Gasteiger partial charge is 0.497 e. The summed E-state index contributed by atoms with van der Waals surface area (Å²) in [5, 5.41) is 2.76. The fraction of sp³-hybridized carbons (Fsp3) is 0.222. The molecule has 2 aromatic carbocycles. The summed E-state index contributed by atoms with van der Waals surface area (Å²) in [6.45, 7) is 2.02. The second-order valence-electron chi connectivity index (χ2n) is 4.84. The van der Waals surface area contributed by atoms with Crippen LogP contribution in [0, 0.1) is 0 Å². The minimum atomic E-state index is -0.454. The number of hydrogen-bond donors (Lipinski definition) is 1. The van der Waals surface area contributed by atoms with Crippen LogP contribution in [0.1, 0.15) is 22.8 Å². The Labute approximate surface area is 135 Å². The van der Waals surface area contributed by atoms with E-state index in [1.807, 2.05) is 18.2 Å². The van der Waals surface area contributed by atoms with E-state index in [9.17, 15) is 9.59 Å². The van der Waals surface area contributed by atoms with Gasteiger partial charge in [0.05, 0.1) is 31.4 Å². The van der Waals surface area contributed by atoms with Gasteiger partial charge in [-0.1, -0.05) is 24.3 Å². The number of amides is 1. The van der Waals surface area contributed by atoms with Gasteiger partial charge in [0.25, 0.3) is 0 Å². The second kappa shape index (κ2) is 7.98. The van der Waals surface area contributed by atoms with E-state index in [1.54, 1.807) is 44.4 Å². The Kier molecular flexibility index (Phi) is 5.74. The molecule has 0 unspecified atom stereocenters. The van der Waals surface area contributed by atoms with Gasteiger partial charge < -0.3 is 14.8 Å². The van der Waals surface area contributed by atoms with Gasteiger partial charge in [-0.05, 0) is 36.8 Å². The van der Waals surface area contributed by atoms with Crippen molar-refractivity contribution >= 4 is 17.6 Å². The van der Waals surface area contributed by atoms with Gasteiger partial charge in [0.2, 0.25) is 5.91 Å². The summed E-state index contributed by atoms with van der Waals surface area (Å²) in [6.07, 6.45) is 0.189. The molecule has 0 radical (unpaired) electrons. The van der Waals surface area contributed by atoms with Crippen molar-refractivity contribution < 1.29 is 19.1 Å². The molecule has 1 N–H and O–H groups in total. The van der Waals surface area contributed by atoms with E-state index in [-0.39, 0.29) is 18.9 Å². The fourth-order valence-corrected chi connectivity index (χ4v) is 2.14. The molecule has 1 amide bonds. The van der Waals surface area contributed by atoms with E-state index >= 15 is 0 Å². The van der Waals surface area contributed by atoms with Crippen molar-refractivity contribution in [1.29, 1.82) is 0 Å². The number of methoxy groups -OCH3 is 1. The predicted octanol–water partition coefficient (Wildman–Crippen LogP) is 3.05. The van der Waals surface area contributed by atoms with Crippen LogP contribution in [0.5, 0.6) is 5.75 Å². The lowest BCUT2D eigenvalue weighted by atomic mass is 10.1. The molecule has 2 rings (SSSR count). The molecule has 0 bridgehead atoms. The fourth-order valence-electron chi connectivity index (χ4n) is 2.14. The third-order valence-electron chi connectivity index (χ3n) is 3.20. The van der Waals surface area contributed by atoms with Gasteiger partial charge in [-0.3, -0.25) is 4.79 Å². The zero-order valence-corrected chi connectivity index (χ0v) is 13.2. The number of hydrogen-bond acceptors (Lipinski definition) is 4. The molecule has 0 aromatic heterocycles. The molecule has 0 fully saturated rings. The lowest BCUT2D eigenvalue weighted by molar-refractivity contribution is -0.115. The number of esters is 1. The lowest BCUT2D eigenvalue weighted by Crippen LogP contribution is -2.17. The van der Waals surface area contributed by atoms with Crippen molar-refractivity contribution in [1.82, 2.24) is 0 Å². The van der Waals surface area contributed by atoms with Crippen LogP contribution >= 0.6 is 0 Å². The number of para-hydroxylation sites is 1. The number of rotatable bonds is 6. The van der Waals surface area contributed by atoms with Crippen LogP contribution in [0.15, 0.2) is 48.5 Å². The topological polar surface area (TPSA) is 64.6 Å². The summed E-state index contributed by atoms with van der Waals surface area (Å²) in [4.78, 5) is 24.1. The monoisotopic (exact) mass is 313 g/mol. The first-order valence-electron chi connectivity index (χ1n) is 7.33. The minimum Gasteiger partial charge on any atom is -0.497 e. The normalized spacial score (nSPS) is 10.0. The summed E-state index contributed by atoms with van der Waals surface area (Å²) >= 11 is 0. The van der Waals surface area contributed by atoms with Crippen LogP contribution in [0.25, 0.3) is 0 Å². The number of benzene rings is 2. The average Bonchev–Trinajstić information content (AvgIpc) is 2.55. The van der Waals surface area contributed by atoms with E-state index in [0.29, 0.717) is 17.0 Å². The van der Waals surface area contributed by atoms with Crippen LogP contribution < -0.4 is 10.1 Å². The molecular weight excluding hydrogens is 294 g/mol. The quantitative estimate of drug-likeness (QED) is 0.833. The van der Waals surface area contributed by atoms with Gasteiger partial charge in [-0.15, -0.1) is 0 Å². The van der Waals surface area contributed by atoms with Gasteiger partial charge in [0.1, 0.15) is 5.75 Å². The van der Waals surface area contributed by atoms with Crippen molar-refractivity contribution in [2.75, 3.05) is 19.0 Å². The molecule has 0 aliphatic rings. The van der Waals surface area contributed by atoms with Gasteiger partial charge in [-0.25, -0.2) is 4.79 Å². The molecule has 0 aliphatic carbocycles. The Hall–Kier alpha value is -2.82. The Morgan fingerprint density at radius 2 is 1.87 bits per heavy atom. The Balaban J connectivity index is 2.09. The molecule has 0 saturated carbocycles. The van der Waals surface area contributed by atoms with E-state index in [2.05, 4.69) is 5.32 Å². The highest BCUT2D eigenvalue weighted by atomic mass is 16.5. The number of carbonyl (C=O) groups excluding carboxylic acids is 2. The zero-order valence-electron chi connectivity index (χ0n) is 13.2. The molecule has 120 valence electrons.